The Balaban J connectivity index is 3.65. The highest BCUT2D eigenvalue weighted by Crippen LogP contribution is 2.08. The average Bonchev–Trinajstić information content (AvgIpc) is 2.17. The topological polar surface area (TPSA) is 46.2 Å². The molecule has 0 aromatic rings. The minimum absolute atomic E-state index is 0.188. The summed E-state index contributed by atoms with van der Waals surface area (Å²) >= 11 is 7.22. The minimum atomic E-state index is -3.08. The normalized spacial score (nSPS) is 14.1. The van der Waals surface area contributed by atoms with E-state index in [-0.39, 0.29) is 5.75 Å². The van der Waals surface area contributed by atoms with Crippen LogP contribution in [0, 0.1) is 0 Å². The largest absolute Gasteiger partial charge is 0.215 e. The fourth-order valence-corrected chi connectivity index (χ4v) is 2.69. The van der Waals surface area contributed by atoms with Gasteiger partial charge in [0.15, 0.2) is 0 Å². The lowest BCUT2D eigenvalue weighted by Gasteiger charge is -2.09. The molecule has 0 bridgehead atoms. The summed E-state index contributed by atoms with van der Waals surface area (Å²) in [6.07, 6.45) is 4.29. The van der Waals surface area contributed by atoms with Crippen molar-refractivity contribution in [1.29, 1.82) is 0 Å². The summed E-state index contributed by atoms with van der Waals surface area (Å²) in [5, 5.41) is 0.496. The van der Waals surface area contributed by atoms with Crippen LogP contribution in [0.15, 0.2) is 0 Å². The highest BCUT2D eigenvalue weighted by atomic mass is 35.5. The molecule has 1 unspecified atom stereocenters. The summed E-state index contributed by atoms with van der Waals surface area (Å²) in [7, 11) is -3.08. The molecule has 0 amide bonds. The lowest BCUT2D eigenvalue weighted by Crippen LogP contribution is -2.28. The van der Waals surface area contributed by atoms with Crippen molar-refractivity contribution >= 4 is 33.4 Å². The van der Waals surface area contributed by atoms with Crippen LogP contribution >= 0.6 is 23.4 Å². The molecular weight excluding hydrogens is 254 g/mol. The summed E-state index contributed by atoms with van der Waals surface area (Å²) in [5.74, 6) is 0.715. The molecule has 0 aliphatic rings. The minimum Gasteiger partial charge on any atom is -0.215 e. The Bertz CT molecular complexity index is 244. The van der Waals surface area contributed by atoms with Crippen LogP contribution < -0.4 is 4.72 Å². The molecule has 0 spiro atoms. The molecule has 1 atom stereocenters. The second-order valence-corrected chi connectivity index (χ2v) is 7.02. The van der Waals surface area contributed by atoms with Gasteiger partial charge in [-0.05, 0) is 25.5 Å². The fourth-order valence-electron chi connectivity index (χ4n) is 0.994. The molecule has 0 fully saturated rings. The van der Waals surface area contributed by atoms with Crippen molar-refractivity contribution in [3.63, 3.8) is 0 Å². The molecule has 92 valence electrons. The lowest BCUT2D eigenvalue weighted by molar-refractivity contribution is 0.576. The van der Waals surface area contributed by atoms with Gasteiger partial charge in [-0.3, -0.25) is 0 Å². The molecule has 0 rings (SSSR count). The Morgan fingerprint density at radius 1 is 1.40 bits per heavy atom. The highest BCUT2D eigenvalue weighted by Gasteiger charge is 2.09. The van der Waals surface area contributed by atoms with Crippen LogP contribution in [0.4, 0.5) is 0 Å². The maximum atomic E-state index is 11.4. The third kappa shape index (κ3) is 9.48. The standard InChI is InChI=1S/C9H20ClNO2S2/c1-9(14-2)5-7-11-15(12,13)8-4-3-6-10/h9,11H,3-8H2,1-2H3. The Kier molecular flexibility index (Phi) is 8.99. The third-order valence-electron chi connectivity index (χ3n) is 2.07. The second kappa shape index (κ2) is 8.67. The summed E-state index contributed by atoms with van der Waals surface area (Å²) in [6.45, 7) is 2.62. The van der Waals surface area contributed by atoms with E-state index in [4.69, 9.17) is 11.6 Å². The van der Waals surface area contributed by atoms with Crippen LogP contribution in [0.5, 0.6) is 0 Å². The van der Waals surface area contributed by atoms with E-state index in [0.29, 0.717) is 24.1 Å². The molecule has 0 aliphatic carbocycles. The zero-order chi connectivity index (χ0) is 11.7. The first-order chi connectivity index (χ1) is 7.02. The van der Waals surface area contributed by atoms with Gasteiger partial charge in [-0.15, -0.1) is 11.6 Å². The molecule has 3 nitrogen and oxygen atoms in total. The number of hydrogen-bond donors (Lipinski definition) is 1. The predicted molar refractivity (Wildman–Crippen MR) is 69.3 cm³/mol. The molecule has 0 saturated heterocycles. The van der Waals surface area contributed by atoms with Gasteiger partial charge in [-0.25, -0.2) is 13.1 Å². The van der Waals surface area contributed by atoms with E-state index in [0.717, 1.165) is 12.8 Å². The Hall–Kier alpha value is 0.550. The maximum Gasteiger partial charge on any atom is 0.211 e. The van der Waals surface area contributed by atoms with Crippen molar-refractivity contribution in [3.05, 3.63) is 0 Å². The van der Waals surface area contributed by atoms with Gasteiger partial charge in [-0.2, -0.15) is 11.8 Å². The van der Waals surface area contributed by atoms with Gasteiger partial charge < -0.3 is 0 Å². The number of nitrogens with one attached hydrogen (secondary N) is 1. The molecule has 1 N–H and O–H groups in total. The van der Waals surface area contributed by atoms with E-state index in [9.17, 15) is 8.42 Å². The second-order valence-electron chi connectivity index (χ2n) is 3.44. The number of alkyl halides is 1. The molecule has 15 heavy (non-hydrogen) atoms. The van der Waals surface area contributed by atoms with E-state index in [2.05, 4.69) is 11.6 Å². The van der Waals surface area contributed by atoms with Crippen LogP contribution in [0.1, 0.15) is 26.2 Å². The summed E-state index contributed by atoms with van der Waals surface area (Å²) in [6, 6.07) is 0. The predicted octanol–water partition coefficient (Wildman–Crippen LogP) is 2.07. The third-order valence-corrected chi connectivity index (χ3v) is 4.85. The quantitative estimate of drug-likeness (QED) is 0.517. The summed E-state index contributed by atoms with van der Waals surface area (Å²) in [4.78, 5) is 0. The number of halogens is 1. The molecule has 0 aromatic carbocycles. The number of unbranched alkanes of at least 4 members (excludes halogenated alkanes) is 1. The van der Waals surface area contributed by atoms with E-state index < -0.39 is 10.0 Å². The molecular formula is C9H20ClNO2S2. The van der Waals surface area contributed by atoms with E-state index in [1.54, 1.807) is 11.8 Å². The zero-order valence-electron chi connectivity index (χ0n) is 9.33. The number of sulfonamides is 1. The monoisotopic (exact) mass is 273 g/mol. The first-order valence-corrected chi connectivity index (χ1v) is 8.55. The van der Waals surface area contributed by atoms with E-state index in [1.165, 1.54) is 0 Å². The molecule has 0 aliphatic heterocycles. The first-order valence-electron chi connectivity index (χ1n) is 5.08. The molecule has 0 aromatic heterocycles. The molecule has 0 heterocycles. The van der Waals surface area contributed by atoms with Crippen molar-refractivity contribution in [2.45, 2.75) is 31.4 Å². The van der Waals surface area contributed by atoms with Gasteiger partial charge in [0.2, 0.25) is 10.0 Å². The first kappa shape index (κ1) is 15.6. The number of hydrogen-bond acceptors (Lipinski definition) is 3. The number of thioether (sulfide) groups is 1. The van der Waals surface area contributed by atoms with Crippen molar-refractivity contribution in [1.82, 2.24) is 4.72 Å². The molecule has 6 heteroatoms. The van der Waals surface area contributed by atoms with Crippen LogP contribution in [-0.4, -0.2) is 38.1 Å². The maximum absolute atomic E-state index is 11.4. The van der Waals surface area contributed by atoms with E-state index in [1.807, 2.05) is 6.26 Å². The summed E-state index contributed by atoms with van der Waals surface area (Å²) in [5.41, 5.74) is 0. The van der Waals surface area contributed by atoms with Crippen molar-refractivity contribution in [2.75, 3.05) is 24.4 Å². The van der Waals surface area contributed by atoms with Crippen molar-refractivity contribution in [2.24, 2.45) is 0 Å². The number of rotatable bonds is 9. The van der Waals surface area contributed by atoms with Gasteiger partial charge in [0, 0.05) is 17.7 Å². The Labute approximate surface area is 102 Å². The highest BCUT2D eigenvalue weighted by molar-refractivity contribution is 7.99. The smallest absolute Gasteiger partial charge is 0.211 e. The lowest BCUT2D eigenvalue weighted by atomic mass is 10.3. The van der Waals surface area contributed by atoms with Gasteiger partial charge in [0.05, 0.1) is 5.75 Å². The summed E-state index contributed by atoms with van der Waals surface area (Å²) < 4.78 is 25.4. The average molecular weight is 274 g/mol. The Morgan fingerprint density at radius 3 is 2.60 bits per heavy atom. The van der Waals surface area contributed by atoms with Gasteiger partial charge in [-0.1, -0.05) is 6.92 Å². The van der Waals surface area contributed by atoms with E-state index >= 15 is 0 Å². The Morgan fingerprint density at radius 2 is 2.07 bits per heavy atom. The SMILES string of the molecule is CSC(C)CCNS(=O)(=O)CCCCCl. The fraction of sp³-hybridized carbons (Fsp3) is 1.00. The van der Waals surface area contributed by atoms with Gasteiger partial charge in [0.1, 0.15) is 0 Å². The zero-order valence-corrected chi connectivity index (χ0v) is 11.7. The van der Waals surface area contributed by atoms with Gasteiger partial charge in [0.25, 0.3) is 0 Å². The van der Waals surface area contributed by atoms with Crippen molar-refractivity contribution in [3.8, 4) is 0 Å². The molecule has 0 saturated carbocycles. The van der Waals surface area contributed by atoms with Crippen LogP contribution in [-0.2, 0) is 10.0 Å². The van der Waals surface area contributed by atoms with Crippen LogP contribution in [0.25, 0.3) is 0 Å². The van der Waals surface area contributed by atoms with Crippen LogP contribution in [0.2, 0.25) is 0 Å². The molecule has 0 radical (unpaired) electrons. The van der Waals surface area contributed by atoms with Crippen LogP contribution in [0.3, 0.4) is 0 Å². The van der Waals surface area contributed by atoms with Crippen molar-refractivity contribution < 1.29 is 8.42 Å². The van der Waals surface area contributed by atoms with Gasteiger partial charge >= 0.3 is 0 Å².